The number of fused-ring (bicyclic) bond motifs is 1. The van der Waals surface area contributed by atoms with Gasteiger partial charge in [-0.05, 0) is 60.9 Å². The molecule has 1 saturated heterocycles. The number of rotatable bonds is 8. The Kier molecular flexibility index (Phi) is 7.49. The first-order valence-corrected chi connectivity index (χ1v) is 14.0. The summed E-state index contributed by atoms with van der Waals surface area (Å²) < 4.78 is 25.9. The fourth-order valence-electron chi connectivity index (χ4n) is 5.65. The predicted molar refractivity (Wildman–Crippen MR) is 156 cm³/mol. The molecule has 4 aromatic rings. The van der Waals surface area contributed by atoms with Crippen LogP contribution in [0, 0.1) is 5.82 Å². The smallest absolute Gasteiger partial charge is 0.256 e. The van der Waals surface area contributed by atoms with Gasteiger partial charge in [0.25, 0.3) is 5.91 Å². The van der Waals surface area contributed by atoms with E-state index in [1.54, 1.807) is 43.4 Å². The molecule has 0 saturated carbocycles. The average molecular weight is 573 g/mol. The Bertz CT molecular complexity index is 1590. The Balaban J connectivity index is 1.37. The number of anilines is 1. The molecule has 4 heterocycles. The fraction of sp³-hybridized carbons (Fsp3) is 0.281. The van der Waals surface area contributed by atoms with Gasteiger partial charge in [-0.15, -0.1) is 0 Å². The summed E-state index contributed by atoms with van der Waals surface area (Å²) in [5, 5.41) is 0.264. The molecule has 1 amide bonds. The van der Waals surface area contributed by atoms with Crippen LogP contribution >= 0.6 is 11.6 Å². The minimum Gasteiger partial charge on any atom is -0.497 e. The summed E-state index contributed by atoms with van der Waals surface area (Å²) in [6, 6.07) is 15.9. The van der Waals surface area contributed by atoms with Gasteiger partial charge in [0, 0.05) is 36.8 Å². The van der Waals surface area contributed by atoms with Crippen LogP contribution in [0.4, 0.5) is 10.1 Å². The van der Waals surface area contributed by atoms with Crippen molar-refractivity contribution in [3.05, 3.63) is 99.7 Å². The lowest BCUT2D eigenvalue weighted by molar-refractivity contribution is 0.0764. The molecule has 210 valence electrons. The monoisotopic (exact) mass is 572 g/mol. The van der Waals surface area contributed by atoms with Gasteiger partial charge in [-0.25, -0.2) is 9.37 Å². The third-order valence-electron chi connectivity index (χ3n) is 7.74. The Morgan fingerprint density at radius 1 is 0.976 bits per heavy atom. The molecule has 6 rings (SSSR count). The summed E-state index contributed by atoms with van der Waals surface area (Å²) in [5.41, 5.74) is 5.22. The molecular weight excluding hydrogens is 543 g/mol. The van der Waals surface area contributed by atoms with Crippen molar-refractivity contribution in [1.29, 1.82) is 0 Å². The lowest BCUT2D eigenvalue weighted by atomic mass is 9.99. The number of methoxy groups -OCH3 is 2. The van der Waals surface area contributed by atoms with E-state index in [-0.39, 0.29) is 23.0 Å². The van der Waals surface area contributed by atoms with Crippen LogP contribution in [0.15, 0.2) is 60.8 Å². The van der Waals surface area contributed by atoms with Crippen molar-refractivity contribution >= 4 is 23.2 Å². The number of ether oxygens (including phenoxy) is 2. The molecule has 0 atom stereocenters. The molecular formula is C32H30ClFN4O3. The molecule has 1 fully saturated rings. The van der Waals surface area contributed by atoms with Gasteiger partial charge in [0.2, 0.25) is 0 Å². The van der Waals surface area contributed by atoms with Crippen LogP contribution in [-0.2, 0) is 19.5 Å². The summed E-state index contributed by atoms with van der Waals surface area (Å²) in [6.45, 7) is 2.67. The number of carbonyl (C=O) groups is 1. The number of aromatic nitrogens is 2. The van der Waals surface area contributed by atoms with Crippen LogP contribution in [0.1, 0.15) is 45.7 Å². The van der Waals surface area contributed by atoms with E-state index >= 15 is 0 Å². The first-order chi connectivity index (χ1) is 19.9. The molecule has 0 aliphatic carbocycles. The maximum atomic E-state index is 15.0. The summed E-state index contributed by atoms with van der Waals surface area (Å²) in [4.78, 5) is 27.4. The van der Waals surface area contributed by atoms with E-state index in [4.69, 9.17) is 31.0 Å². The van der Waals surface area contributed by atoms with E-state index in [9.17, 15) is 9.18 Å². The standard InChI is InChI=1S/C32H30ClFN4O3/c1-40-24-11-8-20(29(16-24)41-2)18-38-19-28-30(32(38)39)21(15-27(36-28)31-25(33)6-5-7-26(31)34)14-22-9-10-23(17-35-22)37-12-3-4-13-37/h5-11,15-17H,3-4,12-14,18-19H2,1-2H3. The first kappa shape index (κ1) is 27.0. The zero-order valence-electron chi connectivity index (χ0n) is 23.0. The van der Waals surface area contributed by atoms with E-state index in [1.807, 2.05) is 24.4 Å². The molecule has 0 spiro atoms. The second kappa shape index (κ2) is 11.4. The Hall–Kier alpha value is -4.17. The molecule has 0 N–H and O–H groups in total. The molecule has 41 heavy (non-hydrogen) atoms. The third kappa shape index (κ3) is 5.32. The van der Waals surface area contributed by atoms with Crippen molar-refractivity contribution in [1.82, 2.24) is 14.9 Å². The summed E-state index contributed by atoms with van der Waals surface area (Å²) in [5.74, 6) is 0.691. The largest absolute Gasteiger partial charge is 0.497 e. The molecule has 2 aliphatic rings. The van der Waals surface area contributed by atoms with Crippen LogP contribution in [-0.4, -0.2) is 48.1 Å². The second-order valence-corrected chi connectivity index (χ2v) is 10.7. The zero-order valence-corrected chi connectivity index (χ0v) is 23.7. The Morgan fingerprint density at radius 2 is 1.80 bits per heavy atom. The van der Waals surface area contributed by atoms with Crippen molar-refractivity contribution in [3.8, 4) is 22.8 Å². The quantitative estimate of drug-likeness (QED) is 0.247. The number of halogens is 2. The highest BCUT2D eigenvalue weighted by atomic mass is 35.5. The highest BCUT2D eigenvalue weighted by Gasteiger charge is 2.33. The van der Waals surface area contributed by atoms with Crippen molar-refractivity contribution in [2.75, 3.05) is 32.2 Å². The van der Waals surface area contributed by atoms with E-state index < -0.39 is 5.82 Å². The summed E-state index contributed by atoms with van der Waals surface area (Å²) >= 11 is 6.43. The normalized spacial score (nSPS) is 14.5. The SMILES string of the molecule is COc1ccc(CN2Cc3nc(-c4c(F)cccc4Cl)cc(Cc4ccc(N5CCCC5)cn4)c3C2=O)c(OC)c1. The van der Waals surface area contributed by atoms with Crippen LogP contribution in [0.2, 0.25) is 5.02 Å². The Labute approximate surface area is 243 Å². The van der Waals surface area contributed by atoms with Gasteiger partial charge in [0.1, 0.15) is 17.3 Å². The molecule has 0 radical (unpaired) electrons. The topological polar surface area (TPSA) is 67.8 Å². The number of hydrogen-bond donors (Lipinski definition) is 0. The zero-order chi connectivity index (χ0) is 28.5. The van der Waals surface area contributed by atoms with Crippen LogP contribution in [0.5, 0.6) is 11.5 Å². The van der Waals surface area contributed by atoms with E-state index in [0.29, 0.717) is 41.4 Å². The second-order valence-electron chi connectivity index (χ2n) is 10.3. The number of benzene rings is 2. The summed E-state index contributed by atoms with van der Waals surface area (Å²) in [7, 11) is 3.18. The van der Waals surface area contributed by atoms with Crippen LogP contribution < -0.4 is 14.4 Å². The number of pyridine rings is 2. The highest BCUT2D eigenvalue weighted by molar-refractivity contribution is 6.33. The van der Waals surface area contributed by atoms with Crippen LogP contribution in [0.3, 0.4) is 0 Å². The lowest BCUT2D eigenvalue weighted by Gasteiger charge is -2.18. The van der Waals surface area contributed by atoms with Gasteiger partial charge in [0.05, 0.1) is 66.7 Å². The van der Waals surface area contributed by atoms with Gasteiger partial charge in [-0.1, -0.05) is 17.7 Å². The average Bonchev–Trinajstić information content (AvgIpc) is 3.62. The molecule has 7 nitrogen and oxygen atoms in total. The maximum absolute atomic E-state index is 15.0. The number of amides is 1. The number of carbonyl (C=O) groups excluding carboxylic acids is 1. The number of nitrogens with zero attached hydrogens (tertiary/aromatic N) is 4. The lowest BCUT2D eigenvalue weighted by Crippen LogP contribution is -2.24. The molecule has 2 aromatic heterocycles. The predicted octanol–water partition coefficient (Wildman–Crippen LogP) is 6.30. The van der Waals surface area contributed by atoms with E-state index in [1.165, 1.54) is 18.9 Å². The van der Waals surface area contributed by atoms with E-state index in [0.717, 1.165) is 35.6 Å². The van der Waals surface area contributed by atoms with Gasteiger partial charge in [-0.2, -0.15) is 0 Å². The highest BCUT2D eigenvalue weighted by Crippen LogP contribution is 2.36. The molecule has 2 aromatic carbocycles. The van der Waals surface area contributed by atoms with Gasteiger partial charge in [0.15, 0.2) is 0 Å². The maximum Gasteiger partial charge on any atom is 0.256 e. The van der Waals surface area contributed by atoms with Gasteiger partial charge < -0.3 is 19.3 Å². The molecule has 2 aliphatic heterocycles. The summed E-state index contributed by atoms with van der Waals surface area (Å²) in [6.07, 6.45) is 4.66. The first-order valence-electron chi connectivity index (χ1n) is 13.6. The molecule has 9 heteroatoms. The molecule has 0 bridgehead atoms. The van der Waals surface area contributed by atoms with Crippen molar-refractivity contribution < 1.29 is 18.7 Å². The van der Waals surface area contributed by atoms with Gasteiger partial charge in [-0.3, -0.25) is 9.78 Å². The van der Waals surface area contributed by atoms with Crippen molar-refractivity contribution in [2.24, 2.45) is 0 Å². The van der Waals surface area contributed by atoms with Crippen LogP contribution in [0.25, 0.3) is 11.3 Å². The number of hydrogen-bond acceptors (Lipinski definition) is 6. The minimum atomic E-state index is -0.465. The van der Waals surface area contributed by atoms with Crippen molar-refractivity contribution in [2.45, 2.75) is 32.4 Å². The Morgan fingerprint density at radius 3 is 2.51 bits per heavy atom. The van der Waals surface area contributed by atoms with Gasteiger partial charge >= 0.3 is 0 Å². The minimum absolute atomic E-state index is 0.139. The molecule has 0 unspecified atom stereocenters. The van der Waals surface area contributed by atoms with E-state index in [2.05, 4.69) is 11.0 Å². The fourth-order valence-corrected chi connectivity index (χ4v) is 5.91. The third-order valence-corrected chi connectivity index (χ3v) is 8.06. The van der Waals surface area contributed by atoms with Crippen molar-refractivity contribution in [3.63, 3.8) is 0 Å².